The molecule has 3 fully saturated rings. The van der Waals surface area contributed by atoms with Gasteiger partial charge in [0.15, 0.2) is 0 Å². The van der Waals surface area contributed by atoms with E-state index >= 15 is 0 Å². The van der Waals surface area contributed by atoms with Crippen molar-refractivity contribution in [3.05, 3.63) is 23.9 Å². The van der Waals surface area contributed by atoms with Crippen molar-refractivity contribution < 1.29 is 14.3 Å². The number of piperidine rings is 1. The molecule has 0 aliphatic carbocycles. The average Bonchev–Trinajstić information content (AvgIpc) is 3.30. The number of nitriles is 1. The van der Waals surface area contributed by atoms with Gasteiger partial charge in [-0.25, -0.2) is 14.6 Å². The van der Waals surface area contributed by atoms with Crippen molar-refractivity contribution in [1.82, 2.24) is 20.1 Å². The number of hydrogen-bond acceptors (Lipinski definition) is 6. The highest BCUT2D eigenvalue weighted by molar-refractivity contribution is 5.75. The number of carbonyl (C=O) groups is 2. The molecule has 3 aliphatic rings. The van der Waals surface area contributed by atoms with Crippen LogP contribution in [0.15, 0.2) is 18.3 Å². The van der Waals surface area contributed by atoms with Gasteiger partial charge >= 0.3 is 12.1 Å². The van der Waals surface area contributed by atoms with Gasteiger partial charge in [-0.15, -0.1) is 0 Å². The SMILES string of the molecule is CC(C)(C)OC(=O)N1C2CCC1CC(NC(=O)N1CCC(Nc3ccc(C#N)cn3)C1)C2. The van der Waals surface area contributed by atoms with E-state index in [-0.39, 0.29) is 36.3 Å². The van der Waals surface area contributed by atoms with Crippen molar-refractivity contribution in [2.24, 2.45) is 0 Å². The minimum Gasteiger partial charge on any atom is -0.444 e. The maximum absolute atomic E-state index is 12.9. The second-order valence-electron chi connectivity index (χ2n) is 10.0. The van der Waals surface area contributed by atoms with Crippen LogP contribution in [0.25, 0.3) is 0 Å². The molecule has 3 saturated heterocycles. The summed E-state index contributed by atoms with van der Waals surface area (Å²) >= 11 is 0. The summed E-state index contributed by atoms with van der Waals surface area (Å²) in [5.41, 5.74) is 0.0181. The molecule has 4 heterocycles. The highest BCUT2D eigenvalue weighted by atomic mass is 16.6. The highest BCUT2D eigenvalue weighted by Gasteiger charge is 2.45. The summed E-state index contributed by atoms with van der Waals surface area (Å²) < 4.78 is 5.59. The maximum atomic E-state index is 12.9. The molecular weight excluding hydrogens is 408 g/mol. The fourth-order valence-corrected chi connectivity index (χ4v) is 4.99. The molecule has 0 aromatic carbocycles. The van der Waals surface area contributed by atoms with Crippen LogP contribution < -0.4 is 10.6 Å². The molecule has 3 amide bonds. The minimum atomic E-state index is -0.505. The summed E-state index contributed by atoms with van der Waals surface area (Å²) in [6, 6.07) is 5.99. The normalized spacial score (nSPS) is 27.1. The van der Waals surface area contributed by atoms with E-state index in [4.69, 9.17) is 10.00 Å². The van der Waals surface area contributed by atoms with Crippen molar-refractivity contribution in [2.45, 2.75) is 82.6 Å². The van der Waals surface area contributed by atoms with Crippen molar-refractivity contribution in [3.8, 4) is 6.07 Å². The zero-order valence-corrected chi connectivity index (χ0v) is 19.0. The van der Waals surface area contributed by atoms with E-state index in [0.717, 1.165) is 32.1 Å². The number of amides is 3. The number of aromatic nitrogens is 1. The van der Waals surface area contributed by atoms with Crippen LogP contribution in [0.1, 0.15) is 58.4 Å². The predicted octanol–water partition coefficient (Wildman–Crippen LogP) is 3.08. The van der Waals surface area contributed by atoms with E-state index < -0.39 is 5.60 Å². The number of pyridine rings is 1. The number of hydrogen-bond donors (Lipinski definition) is 2. The Balaban J connectivity index is 1.26. The van der Waals surface area contributed by atoms with Crippen LogP contribution >= 0.6 is 0 Å². The largest absolute Gasteiger partial charge is 0.444 e. The molecule has 1 aromatic heterocycles. The Kier molecular flexibility index (Phi) is 6.13. The Morgan fingerprint density at radius 3 is 2.47 bits per heavy atom. The standard InChI is InChI=1S/C23H32N6O3/c1-23(2,3)32-22(31)29-18-5-6-19(29)11-17(10-18)27-21(30)28-9-8-16(14-28)26-20-7-4-15(12-24)13-25-20/h4,7,13,16-19H,5-6,8-11,14H2,1-3H3,(H,25,26)(H,27,30). The minimum absolute atomic E-state index is 0.0443. The van der Waals surface area contributed by atoms with Gasteiger partial charge in [0.25, 0.3) is 0 Å². The van der Waals surface area contributed by atoms with Gasteiger partial charge in [0.05, 0.1) is 5.56 Å². The first kappa shape index (κ1) is 22.2. The molecule has 32 heavy (non-hydrogen) atoms. The molecule has 9 heteroatoms. The Bertz CT molecular complexity index is 876. The quantitative estimate of drug-likeness (QED) is 0.747. The fourth-order valence-electron chi connectivity index (χ4n) is 4.99. The average molecular weight is 441 g/mol. The van der Waals surface area contributed by atoms with Crippen LogP contribution in [-0.2, 0) is 4.74 Å². The van der Waals surface area contributed by atoms with Crippen molar-refractivity contribution in [2.75, 3.05) is 18.4 Å². The van der Waals surface area contributed by atoms with Gasteiger partial charge in [0.1, 0.15) is 17.5 Å². The van der Waals surface area contributed by atoms with Crippen LogP contribution in [0.3, 0.4) is 0 Å². The third-order valence-electron chi connectivity index (χ3n) is 6.39. The molecule has 3 unspecified atom stereocenters. The zero-order chi connectivity index (χ0) is 22.9. The summed E-state index contributed by atoms with van der Waals surface area (Å²) in [5, 5.41) is 15.4. The zero-order valence-electron chi connectivity index (χ0n) is 19.0. The Hall–Kier alpha value is -3.02. The number of rotatable bonds is 3. The summed E-state index contributed by atoms with van der Waals surface area (Å²) in [5.74, 6) is 0.711. The lowest BCUT2D eigenvalue weighted by Gasteiger charge is -2.40. The maximum Gasteiger partial charge on any atom is 0.410 e. The number of carbonyl (C=O) groups excluding carboxylic acids is 2. The summed E-state index contributed by atoms with van der Waals surface area (Å²) in [7, 11) is 0. The lowest BCUT2D eigenvalue weighted by molar-refractivity contribution is 0.00512. The monoisotopic (exact) mass is 440 g/mol. The van der Waals surface area contributed by atoms with Crippen LogP contribution in [0.2, 0.25) is 0 Å². The topological polar surface area (TPSA) is 111 Å². The first-order valence-corrected chi connectivity index (χ1v) is 11.4. The lowest BCUT2D eigenvalue weighted by Crippen LogP contribution is -2.55. The number of anilines is 1. The number of ether oxygens (including phenoxy) is 1. The van der Waals surface area contributed by atoms with Gasteiger partial charge in [-0.05, 0) is 65.0 Å². The molecular formula is C23H32N6O3. The first-order valence-electron chi connectivity index (χ1n) is 11.4. The van der Waals surface area contributed by atoms with E-state index in [1.165, 1.54) is 0 Å². The van der Waals surface area contributed by atoms with Gasteiger partial charge in [0, 0.05) is 43.5 Å². The third kappa shape index (κ3) is 5.06. The van der Waals surface area contributed by atoms with E-state index in [9.17, 15) is 9.59 Å². The number of nitrogens with zero attached hydrogens (tertiary/aromatic N) is 4. The molecule has 0 spiro atoms. The van der Waals surface area contributed by atoms with Gasteiger partial charge in [-0.2, -0.15) is 5.26 Å². The van der Waals surface area contributed by atoms with E-state index in [0.29, 0.717) is 24.5 Å². The molecule has 9 nitrogen and oxygen atoms in total. The van der Waals surface area contributed by atoms with Crippen molar-refractivity contribution >= 4 is 17.9 Å². The summed E-state index contributed by atoms with van der Waals surface area (Å²) in [6.45, 7) is 6.95. The Labute approximate surface area is 189 Å². The molecule has 1 aromatic rings. The molecule has 2 N–H and O–H groups in total. The molecule has 4 rings (SSSR count). The van der Waals surface area contributed by atoms with Crippen LogP contribution in [0.5, 0.6) is 0 Å². The van der Waals surface area contributed by atoms with Crippen LogP contribution in [-0.4, -0.2) is 69.8 Å². The molecule has 0 radical (unpaired) electrons. The van der Waals surface area contributed by atoms with Crippen LogP contribution in [0.4, 0.5) is 15.4 Å². The number of likely N-dealkylation sites (tertiary alicyclic amines) is 1. The summed E-state index contributed by atoms with van der Waals surface area (Å²) in [4.78, 5) is 33.5. The van der Waals surface area contributed by atoms with Gasteiger partial charge < -0.3 is 25.2 Å². The van der Waals surface area contributed by atoms with Gasteiger partial charge in [-0.1, -0.05) is 0 Å². The Morgan fingerprint density at radius 1 is 1.16 bits per heavy atom. The van der Waals surface area contributed by atoms with Crippen molar-refractivity contribution in [1.29, 1.82) is 5.26 Å². The number of urea groups is 1. The second kappa shape index (κ2) is 8.85. The molecule has 0 saturated carbocycles. The highest BCUT2D eigenvalue weighted by Crippen LogP contribution is 2.37. The van der Waals surface area contributed by atoms with Crippen molar-refractivity contribution in [3.63, 3.8) is 0 Å². The van der Waals surface area contributed by atoms with E-state index in [1.807, 2.05) is 30.6 Å². The molecule has 172 valence electrons. The fraction of sp³-hybridized carbons (Fsp3) is 0.652. The number of nitrogens with one attached hydrogen (secondary N) is 2. The second-order valence-corrected chi connectivity index (χ2v) is 10.0. The number of fused-ring (bicyclic) bond motifs is 2. The van der Waals surface area contributed by atoms with Crippen LogP contribution in [0, 0.1) is 11.3 Å². The summed E-state index contributed by atoms with van der Waals surface area (Å²) in [6.07, 6.45) is 5.61. The lowest BCUT2D eigenvalue weighted by atomic mass is 9.98. The predicted molar refractivity (Wildman–Crippen MR) is 119 cm³/mol. The van der Waals surface area contributed by atoms with Gasteiger partial charge in [-0.3, -0.25) is 0 Å². The molecule has 3 aliphatic heterocycles. The van der Waals surface area contributed by atoms with E-state index in [1.54, 1.807) is 18.3 Å². The van der Waals surface area contributed by atoms with Gasteiger partial charge in [0.2, 0.25) is 0 Å². The third-order valence-corrected chi connectivity index (χ3v) is 6.39. The molecule has 2 bridgehead atoms. The van der Waals surface area contributed by atoms with E-state index in [2.05, 4.69) is 21.7 Å². The first-order chi connectivity index (χ1) is 15.2. The molecule has 3 atom stereocenters. The smallest absolute Gasteiger partial charge is 0.410 e. The Morgan fingerprint density at radius 2 is 1.88 bits per heavy atom.